The highest BCUT2D eigenvalue weighted by molar-refractivity contribution is 5.87. The summed E-state index contributed by atoms with van der Waals surface area (Å²) in [7, 11) is 0. The molecule has 2 aliphatic rings. The van der Waals surface area contributed by atoms with Gasteiger partial charge in [-0.05, 0) is 24.1 Å². The second-order valence-electron chi connectivity index (χ2n) is 5.89. The third-order valence-corrected chi connectivity index (χ3v) is 4.30. The molecule has 3 heterocycles. The lowest BCUT2D eigenvalue weighted by atomic mass is 10.0. The summed E-state index contributed by atoms with van der Waals surface area (Å²) in [6.45, 7) is 3.30. The van der Waals surface area contributed by atoms with Crippen molar-refractivity contribution in [1.82, 2.24) is 14.9 Å². The van der Waals surface area contributed by atoms with Crippen LogP contribution >= 0.6 is 0 Å². The predicted molar refractivity (Wildman–Crippen MR) is 84.2 cm³/mol. The lowest BCUT2D eigenvalue weighted by molar-refractivity contribution is 0.0687. The SMILES string of the molecule is O=C(O)c1ncnc2c1CCN(Cc1ccc3c(c1)OCCO3)C2. The van der Waals surface area contributed by atoms with Crippen molar-refractivity contribution in [3.05, 3.63) is 47.0 Å². The lowest BCUT2D eigenvalue weighted by Crippen LogP contribution is -2.32. The minimum Gasteiger partial charge on any atom is -0.486 e. The fraction of sp³-hybridized carbons (Fsp3) is 0.353. The molecule has 7 nitrogen and oxygen atoms in total. The van der Waals surface area contributed by atoms with E-state index >= 15 is 0 Å². The molecule has 0 fully saturated rings. The van der Waals surface area contributed by atoms with Gasteiger partial charge in [-0.15, -0.1) is 0 Å². The Morgan fingerprint density at radius 1 is 1.21 bits per heavy atom. The predicted octanol–water partition coefficient (Wildman–Crippen LogP) is 1.50. The maximum absolute atomic E-state index is 11.3. The summed E-state index contributed by atoms with van der Waals surface area (Å²) in [5, 5.41) is 9.22. The number of rotatable bonds is 3. The first-order chi connectivity index (χ1) is 11.7. The van der Waals surface area contributed by atoms with Crippen molar-refractivity contribution >= 4 is 5.97 Å². The van der Waals surface area contributed by atoms with E-state index in [2.05, 4.69) is 14.9 Å². The second kappa shape index (κ2) is 6.09. The van der Waals surface area contributed by atoms with Crippen LogP contribution in [0.2, 0.25) is 0 Å². The standard InChI is InChI=1S/C17H17N3O4/c21-17(22)16-12-3-4-20(9-13(12)18-10-19-16)8-11-1-2-14-15(7-11)24-6-5-23-14/h1-2,7,10H,3-6,8-9H2,(H,21,22). The lowest BCUT2D eigenvalue weighted by Gasteiger charge is -2.28. The summed E-state index contributed by atoms with van der Waals surface area (Å²) in [5.41, 5.74) is 2.81. The van der Waals surface area contributed by atoms with E-state index in [0.29, 0.717) is 26.2 Å². The molecule has 24 heavy (non-hydrogen) atoms. The Labute approximate surface area is 138 Å². The van der Waals surface area contributed by atoms with Gasteiger partial charge in [0.1, 0.15) is 19.5 Å². The number of hydrogen-bond donors (Lipinski definition) is 1. The zero-order chi connectivity index (χ0) is 16.5. The van der Waals surface area contributed by atoms with E-state index in [1.165, 1.54) is 6.33 Å². The summed E-state index contributed by atoms with van der Waals surface area (Å²) < 4.78 is 11.2. The number of ether oxygens (including phenoxy) is 2. The topological polar surface area (TPSA) is 84.8 Å². The molecule has 0 aliphatic carbocycles. The van der Waals surface area contributed by atoms with Crippen molar-refractivity contribution in [3.63, 3.8) is 0 Å². The van der Waals surface area contributed by atoms with Gasteiger partial charge in [-0.2, -0.15) is 0 Å². The monoisotopic (exact) mass is 327 g/mol. The molecule has 0 atom stereocenters. The molecule has 4 rings (SSSR count). The summed E-state index contributed by atoms with van der Waals surface area (Å²) in [6, 6.07) is 5.98. The van der Waals surface area contributed by atoms with Gasteiger partial charge in [-0.1, -0.05) is 6.07 Å². The van der Waals surface area contributed by atoms with Crippen LogP contribution in [-0.2, 0) is 19.5 Å². The molecule has 0 amide bonds. The first kappa shape index (κ1) is 14.9. The van der Waals surface area contributed by atoms with Crippen molar-refractivity contribution in [3.8, 4) is 11.5 Å². The molecule has 1 N–H and O–H groups in total. The summed E-state index contributed by atoms with van der Waals surface area (Å²) in [4.78, 5) is 21.6. The van der Waals surface area contributed by atoms with E-state index in [1.54, 1.807) is 0 Å². The normalized spacial score (nSPS) is 16.5. The number of benzene rings is 1. The van der Waals surface area contributed by atoms with Gasteiger partial charge < -0.3 is 14.6 Å². The molecule has 0 saturated heterocycles. The van der Waals surface area contributed by atoms with E-state index in [-0.39, 0.29) is 5.69 Å². The van der Waals surface area contributed by atoms with Crippen LogP contribution in [-0.4, -0.2) is 45.7 Å². The average Bonchev–Trinajstić information content (AvgIpc) is 2.61. The van der Waals surface area contributed by atoms with Crippen LogP contribution in [0.1, 0.15) is 27.3 Å². The molecule has 0 spiro atoms. The molecular formula is C17H17N3O4. The quantitative estimate of drug-likeness (QED) is 0.914. The van der Waals surface area contributed by atoms with E-state index in [4.69, 9.17) is 9.47 Å². The first-order valence-electron chi connectivity index (χ1n) is 7.87. The first-order valence-corrected chi connectivity index (χ1v) is 7.87. The van der Waals surface area contributed by atoms with E-state index in [0.717, 1.165) is 41.4 Å². The molecule has 2 aliphatic heterocycles. The van der Waals surface area contributed by atoms with Crippen LogP contribution in [0.3, 0.4) is 0 Å². The van der Waals surface area contributed by atoms with Crippen LogP contribution in [0, 0.1) is 0 Å². The third kappa shape index (κ3) is 2.78. The summed E-state index contributed by atoms with van der Waals surface area (Å²) in [6.07, 6.45) is 1.97. The van der Waals surface area contributed by atoms with Crippen LogP contribution in [0.5, 0.6) is 11.5 Å². The number of hydrogen-bond acceptors (Lipinski definition) is 6. The average molecular weight is 327 g/mol. The van der Waals surface area contributed by atoms with Crippen LogP contribution in [0.15, 0.2) is 24.5 Å². The van der Waals surface area contributed by atoms with Gasteiger partial charge >= 0.3 is 5.97 Å². The molecular weight excluding hydrogens is 310 g/mol. The molecule has 7 heteroatoms. The van der Waals surface area contributed by atoms with Crippen molar-refractivity contribution in [1.29, 1.82) is 0 Å². The van der Waals surface area contributed by atoms with Crippen LogP contribution in [0.25, 0.3) is 0 Å². The Kier molecular flexibility index (Phi) is 3.78. The number of carboxylic acids is 1. The molecule has 0 unspecified atom stereocenters. The van der Waals surface area contributed by atoms with E-state index in [1.807, 2.05) is 18.2 Å². The van der Waals surface area contributed by atoms with Gasteiger partial charge in [0.05, 0.1) is 5.69 Å². The zero-order valence-electron chi connectivity index (χ0n) is 13.1. The molecule has 0 saturated carbocycles. The highest BCUT2D eigenvalue weighted by atomic mass is 16.6. The Hall–Kier alpha value is -2.67. The van der Waals surface area contributed by atoms with E-state index in [9.17, 15) is 9.90 Å². The van der Waals surface area contributed by atoms with Gasteiger partial charge in [-0.25, -0.2) is 14.8 Å². The number of aromatic nitrogens is 2. The molecule has 2 aromatic rings. The largest absolute Gasteiger partial charge is 0.486 e. The summed E-state index contributed by atoms with van der Waals surface area (Å²) in [5.74, 6) is 0.577. The number of nitrogens with zero attached hydrogens (tertiary/aromatic N) is 3. The minimum absolute atomic E-state index is 0.124. The molecule has 1 aromatic heterocycles. The number of aromatic carboxylic acids is 1. The van der Waals surface area contributed by atoms with Crippen molar-refractivity contribution < 1.29 is 19.4 Å². The van der Waals surface area contributed by atoms with Crippen molar-refractivity contribution in [2.45, 2.75) is 19.5 Å². The Bertz CT molecular complexity index is 793. The maximum atomic E-state index is 11.3. The van der Waals surface area contributed by atoms with Crippen LogP contribution in [0.4, 0.5) is 0 Å². The summed E-state index contributed by atoms with van der Waals surface area (Å²) >= 11 is 0. The number of fused-ring (bicyclic) bond motifs is 2. The van der Waals surface area contributed by atoms with Gasteiger partial charge in [0.15, 0.2) is 17.2 Å². The van der Waals surface area contributed by atoms with Gasteiger partial charge in [0.25, 0.3) is 0 Å². The maximum Gasteiger partial charge on any atom is 0.354 e. The van der Waals surface area contributed by atoms with Gasteiger partial charge in [0.2, 0.25) is 0 Å². The van der Waals surface area contributed by atoms with Gasteiger partial charge in [-0.3, -0.25) is 4.90 Å². The second-order valence-corrected chi connectivity index (χ2v) is 5.89. The highest BCUT2D eigenvalue weighted by Gasteiger charge is 2.24. The Morgan fingerprint density at radius 3 is 2.88 bits per heavy atom. The highest BCUT2D eigenvalue weighted by Crippen LogP contribution is 2.31. The minimum atomic E-state index is -0.992. The zero-order valence-corrected chi connectivity index (χ0v) is 13.1. The van der Waals surface area contributed by atoms with Gasteiger partial charge in [0, 0.05) is 25.2 Å². The molecule has 1 aromatic carbocycles. The van der Waals surface area contributed by atoms with Crippen molar-refractivity contribution in [2.24, 2.45) is 0 Å². The third-order valence-electron chi connectivity index (χ3n) is 4.30. The fourth-order valence-corrected chi connectivity index (χ4v) is 3.17. The molecule has 124 valence electrons. The molecule has 0 bridgehead atoms. The fourth-order valence-electron chi connectivity index (χ4n) is 3.17. The molecule has 0 radical (unpaired) electrons. The Balaban J connectivity index is 1.51. The Morgan fingerprint density at radius 2 is 2.04 bits per heavy atom. The smallest absolute Gasteiger partial charge is 0.354 e. The van der Waals surface area contributed by atoms with Crippen LogP contribution < -0.4 is 9.47 Å². The van der Waals surface area contributed by atoms with E-state index < -0.39 is 5.97 Å². The van der Waals surface area contributed by atoms with Crippen molar-refractivity contribution in [2.75, 3.05) is 19.8 Å². The number of carbonyl (C=O) groups is 1. The number of carboxylic acid groups (broad SMARTS) is 1.